The van der Waals surface area contributed by atoms with E-state index in [2.05, 4.69) is 194 Å². The largest absolute Gasteiger partial charge is 0.501 e. The number of benzene rings is 6. The number of furan rings is 1. The van der Waals surface area contributed by atoms with Gasteiger partial charge in [0, 0.05) is 37.4 Å². The van der Waals surface area contributed by atoms with Gasteiger partial charge in [-0.15, -0.1) is 53.6 Å². The molecule has 0 spiro atoms. The minimum absolute atomic E-state index is 0. The number of hydrogen-bond donors (Lipinski definition) is 0. The Kier molecular flexibility index (Phi) is 13.3. The first-order chi connectivity index (χ1) is 29.3. The van der Waals surface area contributed by atoms with Crippen LogP contribution in [0, 0.1) is 25.0 Å². The van der Waals surface area contributed by atoms with E-state index in [0.29, 0.717) is 17.8 Å². The van der Waals surface area contributed by atoms with Crippen molar-refractivity contribution in [1.82, 2.24) is 14.5 Å². The zero-order chi connectivity index (χ0) is 43.0. The van der Waals surface area contributed by atoms with Gasteiger partial charge >= 0.3 is 0 Å². The first-order valence-corrected chi connectivity index (χ1v) is 25.3. The molecule has 6 heteroatoms. The summed E-state index contributed by atoms with van der Waals surface area (Å²) in [6, 6.07) is 51.5. The number of nitrogens with zero attached hydrogens (tertiary/aromatic N) is 3. The summed E-state index contributed by atoms with van der Waals surface area (Å²) in [7, 11) is -1.35. The molecule has 9 aromatic rings. The third-order valence-electron chi connectivity index (χ3n) is 11.5. The Morgan fingerprint density at radius 2 is 1.35 bits per heavy atom. The fourth-order valence-corrected chi connectivity index (χ4v) is 10.1. The van der Waals surface area contributed by atoms with Crippen molar-refractivity contribution in [2.45, 2.75) is 86.4 Å². The van der Waals surface area contributed by atoms with Crippen LogP contribution < -0.4 is 5.19 Å². The Morgan fingerprint density at radius 3 is 2.03 bits per heavy atom. The summed E-state index contributed by atoms with van der Waals surface area (Å²) < 4.78 is 8.83. The normalized spacial score (nSPS) is 11.8. The van der Waals surface area contributed by atoms with Crippen molar-refractivity contribution in [2.24, 2.45) is 5.92 Å². The van der Waals surface area contributed by atoms with Crippen LogP contribution in [0.5, 0.6) is 0 Å². The van der Waals surface area contributed by atoms with Crippen molar-refractivity contribution in [3.8, 4) is 39.5 Å². The minimum Gasteiger partial charge on any atom is -0.501 e. The molecular weight excluding hydrogens is 951 g/mol. The molecule has 0 N–H and O–H groups in total. The van der Waals surface area contributed by atoms with E-state index in [4.69, 9.17) is 14.4 Å². The van der Waals surface area contributed by atoms with Crippen LogP contribution >= 0.6 is 0 Å². The number of fused-ring (bicyclic) bond motifs is 4. The molecule has 0 aliphatic rings. The number of aromatic nitrogens is 3. The maximum atomic E-state index is 6.47. The molecule has 0 aliphatic heterocycles. The second-order valence-electron chi connectivity index (χ2n) is 18.5. The number of hydrogen-bond acceptors (Lipinski definition) is 3. The zero-order valence-electron chi connectivity index (χ0n) is 37.7. The van der Waals surface area contributed by atoms with Gasteiger partial charge in [0.25, 0.3) is 0 Å². The average Bonchev–Trinajstić information content (AvgIpc) is 3.82. The van der Waals surface area contributed by atoms with Gasteiger partial charge < -0.3 is 14.0 Å². The van der Waals surface area contributed by atoms with E-state index in [9.17, 15) is 0 Å². The summed E-state index contributed by atoms with van der Waals surface area (Å²) in [5.41, 5.74) is 15.8. The Morgan fingerprint density at radius 1 is 0.694 bits per heavy atom. The zero-order valence-corrected chi connectivity index (χ0v) is 41.1. The summed E-state index contributed by atoms with van der Waals surface area (Å²) in [4.78, 5) is 9.96. The van der Waals surface area contributed by atoms with Gasteiger partial charge in [0.05, 0.1) is 30.5 Å². The number of pyridine rings is 1. The van der Waals surface area contributed by atoms with Gasteiger partial charge in [-0.3, -0.25) is 4.98 Å². The van der Waals surface area contributed by atoms with Gasteiger partial charge in [0.15, 0.2) is 0 Å². The van der Waals surface area contributed by atoms with Gasteiger partial charge in [-0.2, -0.15) is 0 Å². The first-order valence-electron chi connectivity index (χ1n) is 21.8. The van der Waals surface area contributed by atoms with E-state index < -0.39 is 8.07 Å². The van der Waals surface area contributed by atoms with Gasteiger partial charge in [0.2, 0.25) is 0 Å². The Labute approximate surface area is 382 Å². The summed E-state index contributed by atoms with van der Waals surface area (Å²) in [5.74, 6) is 2.12. The molecular formula is C56H57IrN3OSi-2. The molecule has 0 atom stereocenters. The molecule has 6 aromatic carbocycles. The monoisotopic (exact) mass is 1010 g/mol. The second kappa shape index (κ2) is 18.5. The van der Waals surface area contributed by atoms with Crippen LogP contribution in [0.1, 0.15) is 75.6 Å². The minimum atomic E-state index is -1.35. The molecule has 0 bridgehead atoms. The Bertz CT molecular complexity index is 2960. The quantitative estimate of drug-likeness (QED) is 0.107. The maximum Gasteiger partial charge on any atom is 0.120 e. The van der Waals surface area contributed by atoms with Crippen LogP contribution in [0.2, 0.25) is 19.6 Å². The smallest absolute Gasteiger partial charge is 0.120 e. The van der Waals surface area contributed by atoms with Crippen molar-refractivity contribution >= 4 is 46.2 Å². The topological polar surface area (TPSA) is 43.9 Å². The number of aryl methyl sites for hydroxylation is 1. The molecule has 0 saturated heterocycles. The van der Waals surface area contributed by atoms with Gasteiger partial charge in [0.1, 0.15) is 5.58 Å². The van der Waals surface area contributed by atoms with Crippen LogP contribution in [0.25, 0.3) is 72.4 Å². The molecule has 0 fully saturated rings. The molecule has 1 radical (unpaired) electrons. The standard InChI is InChI=1S/C37H31N2O.C19H26NSi.Ir/c1-23(2)30-21-26(25-13-6-5-7-14-25)22-31(24(3)4)35(30)39-33-19-10-9-18-32(33)38-37(39)29-17-12-16-28-27-15-8-11-20-34(27)40-36(28)29;1-14(2)10-17-12-18(16-9-7-8-15(3)11-16)20-13-19(17)21(4,5)6;/h5-16,18-24H,1-4H3;7-8,11-14H,10H2,1-6H3;/q2*-1;. The fraction of sp³-hybridized carbons (Fsp3) is 0.250. The SMILES string of the molecule is CC(C)c1cc(-c2ccccc2)cc(C(C)C)c1-n1c(-c2[c-]ccc3c2oc2ccccc23)nc2ccccc21.Cc1cc[c-]c(-c2cc(CC(C)C)c([Si](C)(C)C)cn2)c1.[Ir]. The average molecular weight is 1010 g/mol. The van der Waals surface area contributed by atoms with E-state index >= 15 is 0 Å². The maximum absolute atomic E-state index is 6.47. The van der Waals surface area contributed by atoms with Gasteiger partial charge in [-0.05, 0) is 87.6 Å². The molecule has 3 heterocycles. The predicted molar refractivity (Wildman–Crippen MR) is 261 cm³/mol. The second-order valence-corrected chi connectivity index (χ2v) is 23.5. The van der Waals surface area contributed by atoms with Crippen molar-refractivity contribution in [3.05, 3.63) is 168 Å². The van der Waals surface area contributed by atoms with E-state index in [-0.39, 0.29) is 20.1 Å². The molecule has 0 aliphatic carbocycles. The van der Waals surface area contributed by atoms with Crippen molar-refractivity contribution in [3.63, 3.8) is 0 Å². The third kappa shape index (κ3) is 9.06. The molecule has 0 unspecified atom stereocenters. The van der Waals surface area contributed by atoms with E-state index in [1.54, 1.807) is 0 Å². The summed E-state index contributed by atoms with van der Waals surface area (Å²) in [6.45, 7) is 23.0. The number of rotatable bonds is 9. The summed E-state index contributed by atoms with van der Waals surface area (Å²) in [6.07, 6.45) is 3.25. The molecule has 4 nitrogen and oxygen atoms in total. The van der Waals surface area contributed by atoms with Crippen LogP contribution in [0.4, 0.5) is 0 Å². The fourth-order valence-electron chi connectivity index (χ4n) is 8.55. The van der Waals surface area contributed by atoms with Crippen LogP contribution in [-0.4, -0.2) is 22.6 Å². The Balaban J connectivity index is 0.000000223. The first kappa shape index (κ1) is 44.7. The summed E-state index contributed by atoms with van der Waals surface area (Å²) >= 11 is 0. The van der Waals surface area contributed by atoms with Crippen LogP contribution in [0.3, 0.4) is 0 Å². The molecule has 62 heavy (non-hydrogen) atoms. The van der Waals surface area contributed by atoms with Crippen LogP contribution in [0.15, 0.2) is 138 Å². The number of imidazole rings is 1. The van der Waals surface area contributed by atoms with Gasteiger partial charge in [-0.1, -0.05) is 151 Å². The summed E-state index contributed by atoms with van der Waals surface area (Å²) in [5, 5.41) is 3.68. The third-order valence-corrected chi connectivity index (χ3v) is 13.6. The molecule has 3 aromatic heterocycles. The molecule has 0 amide bonds. The van der Waals surface area contributed by atoms with Crippen molar-refractivity contribution in [1.29, 1.82) is 0 Å². The predicted octanol–water partition coefficient (Wildman–Crippen LogP) is 14.9. The molecule has 317 valence electrons. The van der Waals surface area contributed by atoms with E-state index in [0.717, 1.165) is 62.0 Å². The van der Waals surface area contributed by atoms with E-state index in [1.807, 2.05) is 24.3 Å². The van der Waals surface area contributed by atoms with Crippen molar-refractivity contribution < 1.29 is 24.5 Å². The number of para-hydroxylation sites is 3. The van der Waals surface area contributed by atoms with Gasteiger partial charge in [-0.25, -0.2) is 0 Å². The Hall–Kier alpha value is -5.39. The molecule has 0 saturated carbocycles. The van der Waals surface area contributed by atoms with Crippen molar-refractivity contribution in [2.75, 3.05) is 0 Å². The van der Waals surface area contributed by atoms with Crippen LogP contribution in [-0.2, 0) is 26.5 Å². The van der Waals surface area contributed by atoms with E-state index in [1.165, 1.54) is 44.3 Å². The molecule has 9 rings (SSSR count).